The number of nitriles is 1. The van der Waals surface area contributed by atoms with E-state index in [1.807, 2.05) is 36.4 Å². The fourth-order valence-corrected chi connectivity index (χ4v) is 3.74. The zero-order valence-electron chi connectivity index (χ0n) is 15.7. The molecule has 6 nitrogen and oxygen atoms in total. The Morgan fingerprint density at radius 2 is 2.21 bits per heavy atom. The molecule has 0 spiro atoms. The van der Waals surface area contributed by atoms with E-state index >= 15 is 0 Å². The van der Waals surface area contributed by atoms with E-state index in [1.54, 1.807) is 19.2 Å². The molecule has 29 heavy (non-hydrogen) atoms. The molecule has 7 heteroatoms. The Balaban J connectivity index is 2.17. The van der Waals surface area contributed by atoms with E-state index in [0.29, 0.717) is 11.1 Å². The van der Waals surface area contributed by atoms with Gasteiger partial charge in [-0.05, 0) is 25.1 Å². The first-order valence-electron chi connectivity index (χ1n) is 8.82. The third kappa shape index (κ3) is 4.25. The van der Waals surface area contributed by atoms with Crippen LogP contribution in [0.25, 0.3) is 28.3 Å². The molecule has 0 saturated carbocycles. The van der Waals surface area contributed by atoms with Crippen molar-refractivity contribution in [2.24, 2.45) is 0 Å². The van der Waals surface area contributed by atoms with Crippen LogP contribution in [-0.2, 0) is 16.1 Å². The average molecular weight is 403 g/mol. The molecule has 2 aromatic heterocycles. The highest BCUT2D eigenvalue weighted by Gasteiger charge is 2.16. The summed E-state index contributed by atoms with van der Waals surface area (Å²) in [6, 6.07) is 11.5. The van der Waals surface area contributed by atoms with Crippen LogP contribution in [0.2, 0.25) is 0 Å². The number of carbonyl (C=O) groups is 1. The number of carbonyl (C=O) groups excluding carboxylic acids is 1. The van der Waals surface area contributed by atoms with E-state index in [2.05, 4.69) is 17.3 Å². The van der Waals surface area contributed by atoms with Crippen molar-refractivity contribution in [1.29, 1.82) is 5.26 Å². The minimum absolute atomic E-state index is 0.0143. The summed E-state index contributed by atoms with van der Waals surface area (Å²) < 4.78 is 6.87. The zero-order valence-corrected chi connectivity index (χ0v) is 16.5. The second-order valence-corrected chi connectivity index (χ2v) is 6.91. The molecule has 2 heterocycles. The van der Waals surface area contributed by atoms with Gasteiger partial charge in [0.2, 0.25) is 0 Å². The first-order chi connectivity index (χ1) is 14.1. The molecule has 0 radical (unpaired) electrons. The van der Waals surface area contributed by atoms with Crippen LogP contribution in [0.4, 0.5) is 0 Å². The monoisotopic (exact) mass is 403 g/mol. The minimum atomic E-state index is -0.787. The van der Waals surface area contributed by atoms with E-state index < -0.39 is 5.97 Å². The summed E-state index contributed by atoms with van der Waals surface area (Å²) in [5.74, 6) is -0.787. The molecule has 3 aromatic rings. The number of thiazole rings is 1. The van der Waals surface area contributed by atoms with Crippen LogP contribution in [0.5, 0.6) is 0 Å². The van der Waals surface area contributed by atoms with Gasteiger partial charge in [-0.15, -0.1) is 11.3 Å². The Morgan fingerprint density at radius 1 is 1.41 bits per heavy atom. The Hall–Kier alpha value is -3.72. The Bertz CT molecular complexity index is 1350. The first-order valence-corrected chi connectivity index (χ1v) is 9.64. The topological polar surface area (TPSA) is 85.0 Å². The second-order valence-electron chi connectivity index (χ2n) is 5.91. The zero-order chi connectivity index (χ0) is 20.8. The maximum absolute atomic E-state index is 12.7. The minimum Gasteiger partial charge on any atom is -0.457 e. The largest absolute Gasteiger partial charge is 0.457 e. The van der Waals surface area contributed by atoms with Gasteiger partial charge in [-0.3, -0.25) is 14.3 Å². The Morgan fingerprint density at radius 3 is 2.93 bits per heavy atom. The SMILES string of the molecule is C=CCOC(=O)/C(C#N)=c1\sc(=C=Cc2cnc3ccccc3c2)c(=O)n1CC. The van der Waals surface area contributed by atoms with Crippen LogP contribution in [0, 0.1) is 11.3 Å². The van der Waals surface area contributed by atoms with Gasteiger partial charge in [0.1, 0.15) is 21.9 Å². The molecule has 0 atom stereocenters. The summed E-state index contributed by atoms with van der Waals surface area (Å²) in [6.07, 6.45) is 4.77. The highest BCUT2D eigenvalue weighted by Crippen LogP contribution is 2.13. The predicted molar refractivity (Wildman–Crippen MR) is 113 cm³/mol. The molecule has 0 N–H and O–H groups in total. The summed E-state index contributed by atoms with van der Waals surface area (Å²) in [5, 5.41) is 10.4. The van der Waals surface area contributed by atoms with Gasteiger partial charge in [-0.25, -0.2) is 4.79 Å². The van der Waals surface area contributed by atoms with Crippen molar-refractivity contribution in [2.75, 3.05) is 6.61 Å². The number of benzene rings is 1. The number of rotatable bonds is 5. The van der Waals surface area contributed by atoms with Gasteiger partial charge in [0.25, 0.3) is 5.56 Å². The lowest BCUT2D eigenvalue weighted by molar-refractivity contribution is -0.135. The molecule has 0 aliphatic carbocycles. The fourth-order valence-electron chi connectivity index (χ4n) is 2.68. The average Bonchev–Trinajstić information content (AvgIpc) is 3.06. The maximum atomic E-state index is 12.7. The summed E-state index contributed by atoms with van der Waals surface area (Å²) in [4.78, 5) is 29.2. The van der Waals surface area contributed by atoms with E-state index in [4.69, 9.17) is 4.74 Å². The lowest BCUT2D eigenvalue weighted by atomic mass is 10.1. The Kier molecular flexibility index (Phi) is 6.20. The molecule has 0 aliphatic heterocycles. The number of hydrogen-bond donors (Lipinski definition) is 0. The van der Waals surface area contributed by atoms with Crippen molar-refractivity contribution in [3.8, 4) is 6.07 Å². The van der Waals surface area contributed by atoms with Crippen molar-refractivity contribution in [3.63, 3.8) is 0 Å². The van der Waals surface area contributed by atoms with Crippen LogP contribution in [0.15, 0.2) is 54.0 Å². The molecule has 3 rings (SSSR count). The molecule has 1 aromatic carbocycles. The van der Waals surface area contributed by atoms with Gasteiger partial charge in [-0.2, -0.15) is 5.26 Å². The Labute approximate surface area is 170 Å². The van der Waals surface area contributed by atoms with Gasteiger partial charge < -0.3 is 4.74 Å². The number of aromatic nitrogens is 2. The summed E-state index contributed by atoms with van der Waals surface area (Å²) >= 11 is 1.03. The number of para-hydroxylation sites is 1. The molecular formula is C22H17N3O3S. The second kappa shape index (κ2) is 8.98. The van der Waals surface area contributed by atoms with Gasteiger partial charge in [0.15, 0.2) is 5.57 Å². The molecular weight excluding hydrogens is 386 g/mol. The molecule has 0 amide bonds. The maximum Gasteiger partial charge on any atom is 0.352 e. The molecule has 0 fully saturated rings. The fraction of sp³-hybridized carbons (Fsp3) is 0.136. The smallest absolute Gasteiger partial charge is 0.352 e. The van der Waals surface area contributed by atoms with Crippen molar-refractivity contribution in [1.82, 2.24) is 9.55 Å². The number of fused-ring (bicyclic) bond motifs is 1. The van der Waals surface area contributed by atoms with Gasteiger partial charge in [0.05, 0.1) is 5.52 Å². The van der Waals surface area contributed by atoms with Crippen LogP contribution in [0.3, 0.4) is 0 Å². The first kappa shape index (κ1) is 20.0. The number of nitrogens with zero attached hydrogens (tertiary/aromatic N) is 3. The normalized spacial score (nSPS) is 11.3. The van der Waals surface area contributed by atoms with Gasteiger partial charge in [-0.1, -0.05) is 36.6 Å². The van der Waals surface area contributed by atoms with Crippen molar-refractivity contribution in [2.45, 2.75) is 13.5 Å². The van der Waals surface area contributed by atoms with Gasteiger partial charge >= 0.3 is 5.97 Å². The van der Waals surface area contributed by atoms with Crippen LogP contribution in [0.1, 0.15) is 12.5 Å². The third-order valence-corrected chi connectivity index (χ3v) is 5.16. The van der Waals surface area contributed by atoms with Crippen molar-refractivity contribution >= 4 is 45.6 Å². The van der Waals surface area contributed by atoms with E-state index in [1.165, 1.54) is 10.6 Å². The van der Waals surface area contributed by atoms with Gasteiger partial charge in [0, 0.05) is 23.7 Å². The molecule has 0 bridgehead atoms. The van der Waals surface area contributed by atoms with Crippen LogP contribution in [-0.4, -0.2) is 22.1 Å². The molecule has 0 saturated heterocycles. The number of pyridine rings is 1. The van der Waals surface area contributed by atoms with Crippen LogP contribution >= 0.6 is 11.3 Å². The summed E-state index contributed by atoms with van der Waals surface area (Å²) in [6.45, 7) is 5.53. The molecule has 0 unspecified atom stereocenters. The molecule has 144 valence electrons. The van der Waals surface area contributed by atoms with E-state index in [-0.39, 0.29) is 22.4 Å². The number of hydrogen-bond acceptors (Lipinski definition) is 6. The third-order valence-electron chi connectivity index (χ3n) is 4.04. The lowest BCUT2D eigenvalue weighted by Crippen LogP contribution is -2.32. The van der Waals surface area contributed by atoms with E-state index in [0.717, 1.165) is 27.8 Å². The van der Waals surface area contributed by atoms with Crippen LogP contribution < -0.4 is 14.8 Å². The highest BCUT2D eigenvalue weighted by atomic mass is 32.1. The summed E-state index contributed by atoms with van der Waals surface area (Å²) in [5.41, 5.74) is 4.12. The predicted octanol–water partition coefficient (Wildman–Crippen LogP) is 1.97. The quantitative estimate of drug-likeness (QED) is 0.480. The highest BCUT2D eigenvalue weighted by molar-refractivity contribution is 7.07. The lowest BCUT2D eigenvalue weighted by Gasteiger charge is -2.00. The van der Waals surface area contributed by atoms with Crippen molar-refractivity contribution < 1.29 is 9.53 Å². The number of esters is 1. The van der Waals surface area contributed by atoms with Crippen molar-refractivity contribution in [3.05, 3.63) is 74.3 Å². The summed E-state index contributed by atoms with van der Waals surface area (Å²) in [7, 11) is 0. The van der Waals surface area contributed by atoms with E-state index in [9.17, 15) is 14.9 Å². The standard InChI is InChI=1S/C22H17N3O3S/c1-3-11-28-22(27)17(13-23)21-25(4-2)20(26)19(29-21)10-9-15-12-16-7-5-6-8-18(16)24-14-15/h3,5-9,12,14H,1,4,11H2,2H3/b21-17-. The molecule has 0 aliphatic rings. The number of ether oxygens (including phenoxy) is 1.